The number of amides is 1. The van der Waals surface area contributed by atoms with Crippen LogP contribution in [0.1, 0.15) is 34.1 Å². The molecule has 0 radical (unpaired) electrons. The number of carbonyl (C=O) groups excluding carboxylic acids is 1. The first-order valence-corrected chi connectivity index (χ1v) is 9.38. The normalized spacial score (nSPS) is 14.5. The van der Waals surface area contributed by atoms with Crippen LogP contribution in [0.2, 0.25) is 0 Å². The van der Waals surface area contributed by atoms with Crippen molar-refractivity contribution in [1.82, 2.24) is 5.32 Å². The Labute approximate surface area is 133 Å². The van der Waals surface area contributed by atoms with Crippen molar-refractivity contribution in [3.63, 3.8) is 0 Å². The molecule has 5 nitrogen and oxygen atoms in total. The molecule has 0 aliphatic rings. The lowest BCUT2D eigenvalue weighted by Gasteiger charge is -2.31. The monoisotopic (exact) mass is 326 g/mol. The number of benzene rings is 1. The number of nitrogens with zero attached hydrogens (tertiary/aromatic N) is 1. The second kappa shape index (κ2) is 7.63. The number of anilines is 1. The van der Waals surface area contributed by atoms with Crippen LogP contribution >= 0.6 is 0 Å². The molecule has 0 aromatic heterocycles. The molecular weight excluding hydrogens is 300 g/mol. The van der Waals surface area contributed by atoms with Crippen LogP contribution in [0.5, 0.6) is 0 Å². The van der Waals surface area contributed by atoms with Crippen LogP contribution < -0.4 is 9.62 Å². The number of rotatable bonds is 7. The van der Waals surface area contributed by atoms with Crippen LogP contribution in [-0.2, 0) is 14.8 Å². The van der Waals surface area contributed by atoms with Gasteiger partial charge in [0.15, 0.2) is 0 Å². The van der Waals surface area contributed by atoms with Gasteiger partial charge >= 0.3 is 0 Å². The number of carbonyl (C=O) groups is 1. The zero-order valence-electron chi connectivity index (χ0n) is 13.9. The number of hydrogen-bond acceptors (Lipinski definition) is 3. The number of para-hydroxylation sites is 1. The van der Waals surface area contributed by atoms with Crippen LogP contribution in [0.4, 0.5) is 5.69 Å². The molecule has 1 aromatic rings. The maximum Gasteiger partial charge on any atom is 0.244 e. The Kier molecular flexibility index (Phi) is 6.41. The average molecular weight is 326 g/mol. The van der Waals surface area contributed by atoms with Crippen molar-refractivity contribution < 1.29 is 13.2 Å². The van der Waals surface area contributed by atoms with Gasteiger partial charge in [-0.1, -0.05) is 39.0 Å². The van der Waals surface area contributed by atoms with Gasteiger partial charge in [-0.3, -0.25) is 9.10 Å². The van der Waals surface area contributed by atoms with Crippen molar-refractivity contribution in [2.45, 2.75) is 46.2 Å². The first kappa shape index (κ1) is 18.5. The molecule has 6 heteroatoms. The van der Waals surface area contributed by atoms with Crippen molar-refractivity contribution in [2.75, 3.05) is 10.6 Å². The summed E-state index contributed by atoms with van der Waals surface area (Å²) in [7, 11) is -3.56. The average Bonchev–Trinajstić information content (AvgIpc) is 2.43. The lowest BCUT2D eigenvalue weighted by molar-refractivity contribution is -0.123. The summed E-state index contributed by atoms with van der Waals surface area (Å²) in [6.07, 6.45) is 1.53. The third kappa shape index (κ3) is 4.73. The summed E-state index contributed by atoms with van der Waals surface area (Å²) >= 11 is 0. The highest BCUT2D eigenvalue weighted by Gasteiger charge is 2.32. The van der Waals surface area contributed by atoms with Crippen molar-refractivity contribution in [1.29, 1.82) is 0 Å². The molecule has 1 amide bonds. The van der Waals surface area contributed by atoms with Gasteiger partial charge in [-0.25, -0.2) is 8.42 Å². The van der Waals surface area contributed by atoms with E-state index < -0.39 is 16.1 Å². The smallest absolute Gasteiger partial charge is 0.244 e. The van der Waals surface area contributed by atoms with Crippen LogP contribution in [0, 0.1) is 5.92 Å². The standard InChI is InChI=1S/C16H26N2O3S/c1-6-15(16(19)17-13(4)12(2)3)18(22(5,20)21)14-10-8-7-9-11-14/h7-13,15H,6H2,1-5H3,(H,17,19)/t13-,15-/m1/s1. The summed E-state index contributed by atoms with van der Waals surface area (Å²) < 4.78 is 25.6. The lowest BCUT2D eigenvalue weighted by atomic mass is 10.1. The molecule has 0 spiro atoms. The fourth-order valence-corrected chi connectivity index (χ4v) is 3.33. The van der Waals surface area contributed by atoms with Gasteiger partial charge < -0.3 is 5.32 Å². The Morgan fingerprint density at radius 2 is 1.73 bits per heavy atom. The molecule has 1 rings (SSSR count). The molecule has 0 unspecified atom stereocenters. The summed E-state index contributed by atoms with van der Waals surface area (Å²) in [6.45, 7) is 7.75. The summed E-state index contributed by atoms with van der Waals surface area (Å²) in [5.41, 5.74) is 0.504. The largest absolute Gasteiger partial charge is 0.352 e. The molecule has 0 saturated heterocycles. The van der Waals surface area contributed by atoms with Gasteiger partial charge in [0.2, 0.25) is 15.9 Å². The third-order valence-corrected chi connectivity index (χ3v) is 4.89. The van der Waals surface area contributed by atoms with Crippen LogP contribution in [0.25, 0.3) is 0 Å². The summed E-state index contributed by atoms with van der Waals surface area (Å²) in [4.78, 5) is 12.5. The SMILES string of the molecule is CC[C@H](C(=O)N[C@H](C)C(C)C)N(c1ccccc1)S(C)(=O)=O. The number of hydrogen-bond donors (Lipinski definition) is 1. The van der Waals surface area contributed by atoms with Gasteiger partial charge in [0.25, 0.3) is 0 Å². The van der Waals surface area contributed by atoms with Gasteiger partial charge in [-0.05, 0) is 31.4 Å². The maximum atomic E-state index is 12.5. The highest BCUT2D eigenvalue weighted by molar-refractivity contribution is 7.92. The van der Waals surface area contributed by atoms with E-state index in [0.717, 1.165) is 6.26 Å². The Balaban J connectivity index is 3.14. The van der Waals surface area contributed by atoms with Crippen molar-refractivity contribution in [3.8, 4) is 0 Å². The molecule has 1 aromatic carbocycles. The fraction of sp³-hybridized carbons (Fsp3) is 0.562. The quantitative estimate of drug-likeness (QED) is 0.836. The predicted octanol–water partition coefficient (Wildman–Crippen LogP) is 2.39. The van der Waals surface area contributed by atoms with E-state index in [9.17, 15) is 13.2 Å². The lowest BCUT2D eigenvalue weighted by Crippen LogP contribution is -2.51. The van der Waals surface area contributed by atoms with Crippen molar-refractivity contribution in [2.24, 2.45) is 5.92 Å². The molecule has 22 heavy (non-hydrogen) atoms. The topological polar surface area (TPSA) is 66.5 Å². The molecule has 0 heterocycles. The van der Waals surface area contributed by atoms with E-state index in [0.29, 0.717) is 12.1 Å². The number of sulfonamides is 1. The van der Waals surface area contributed by atoms with Gasteiger partial charge in [0.1, 0.15) is 6.04 Å². The van der Waals surface area contributed by atoms with E-state index in [1.54, 1.807) is 24.3 Å². The van der Waals surface area contributed by atoms with Crippen molar-refractivity contribution >= 4 is 21.6 Å². The number of nitrogens with one attached hydrogen (secondary N) is 1. The second-order valence-electron chi connectivity index (χ2n) is 5.86. The first-order valence-electron chi connectivity index (χ1n) is 7.53. The molecule has 1 N–H and O–H groups in total. The highest BCUT2D eigenvalue weighted by atomic mass is 32.2. The zero-order chi connectivity index (χ0) is 16.9. The Morgan fingerprint density at radius 3 is 2.14 bits per heavy atom. The molecule has 0 aliphatic carbocycles. The highest BCUT2D eigenvalue weighted by Crippen LogP contribution is 2.22. The van der Waals surface area contributed by atoms with Gasteiger partial charge in [-0.15, -0.1) is 0 Å². The van der Waals surface area contributed by atoms with E-state index in [-0.39, 0.29) is 17.9 Å². The van der Waals surface area contributed by atoms with Gasteiger partial charge in [0.05, 0.1) is 11.9 Å². The molecule has 0 bridgehead atoms. The molecular formula is C16H26N2O3S. The van der Waals surface area contributed by atoms with Crippen LogP contribution in [0.3, 0.4) is 0 Å². The second-order valence-corrected chi connectivity index (χ2v) is 7.72. The molecule has 0 aliphatic heterocycles. The van der Waals surface area contributed by atoms with Gasteiger partial charge in [0, 0.05) is 6.04 Å². The summed E-state index contributed by atoms with van der Waals surface area (Å²) in [5, 5.41) is 2.91. The third-order valence-electron chi connectivity index (χ3n) is 3.71. The van der Waals surface area contributed by atoms with E-state index in [4.69, 9.17) is 0 Å². The Morgan fingerprint density at radius 1 is 1.18 bits per heavy atom. The molecule has 0 fully saturated rings. The minimum absolute atomic E-state index is 0.0151. The zero-order valence-corrected chi connectivity index (χ0v) is 14.7. The summed E-state index contributed by atoms with van der Waals surface area (Å²) in [6, 6.07) is 7.96. The molecule has 2 atom stereocenters. The van der Waals surface area contributed by atoms with E-state index in [2.05, 4.69) is 5.32 Å². The van der Waals surface area contributed by atoms with E-state index in [1.807, 2.05) is 33.8 Å². The van der Waals surface area contributed by atoms with Crippen molar-refractivity contribution in [3.05, 3.63) is 30.3 Å². The fourth-order valence-electron chi connectivity index (χ4n) is 2.12. The predicted molar refractivity (Wildman–Crippen MR) is 90.3 cm³/mol. The first-order chi connectivity index (χ1) is 10.2. The van der Waals surface area contributed by atoms with E-state index >= 15 is 0 Å². The Bertz CT molecular complexity index is 585. The van der Waals surface area contributed by atoms with Crippen LogP contribution in [0.15, 0.2) is 30.3 Å². The van der Waals surface area contributed by atoms with Crippen LogP contribution in [-0.4, -0.2) is 32.7 Å². The molecule has 124 valence electrons. The summed E-state index contributed by atoms with van der Waals surface area (Å²) in [5.74, 6) is 0.0165. The van der Waals surface area contributed by atoms with Gasteiger partial charge in [-0.2, -0.15) is 0 Å². The molecule has 0 saturated carbocycles. The minimum Gasteiger partial charge on any atom is -0.352 e. The maximum absolute atomic E-state index is 12.5. The Hall–Kier alpha value is -1.56. The van der Waals surface area contributed by atoms with E-state index in [1.165, 1.54) is 4.31 Å². The minimum atomic E-state index is -3.56.